The summed E-state index contributed by atoms with van der Waals surface area (Å²) in [5.74, 6) is -1.66. The minimum Gasteiger partial charge on any atom is -0.487 e. The van der Waals surface area contributed by atoms with Crippen LogP contribution < -0.4 is 14.8 Å². The summed E-state index contributed by atoms with van der Waals surface area (Å²) in [4.78, 5) is 12.5. The Morgan fingerprint density at radius 2 is 2.31 bits per heavy atom. The van der Waals surface area contributed by atoms with E-state index in [1.807, 2.05) is 0 Å². The van der Waals surface area contributed by atoms with Gasteiger partial charge in [-0.2, -0.15) is 9.98 Å². The summed E-state index contributed by atoms with van der Waals surface area (Å²) in [7, 11) is -2.68. The average Bonchev–Trinajstić information content (AvgIpc) is 2.98. The molecule has 0 bridgehead atoms. The van der Waals surface area contributed by atoms with Crippen LogP contribution in [0, 0.1) is 17.1 Å². The van der Waals surface area contributed by atoms with Crippen LogP contribution >= 0.6 is 0 Å². The number of hydrogen-bond donors (Lipinski definition) is 3. The molecule has 29 heavy (non-hydrogen) atoms. The summed E-state index contributed by atoms with van der Waals surface area (Å²) < 4.78 is 48.1. The lowest BCUT2D eigenvalue weighted by Crippen LogP contribution is -2.52. The van der Waals surface area contributed by atoms with E-state index >= 15 is 0 Å². The predicted octanol–water partition coefficient (Wildman–Crippen LogP) is 0.876. The minimum atomic E-state index is -4.13. The summed E-state index contributed by atoms with van der Waals surface area (Å²) in [6, 6.07) is 5.12. The molecule has 0 saturated heterocycles. The number of nitrogens with one attached hydrogen (secondary N) is 2. The van der Waals surface area contributed by atoms with E-state index in [0.29, 0.717) is 0 Å². The molecule has 0 saturated carbocycles. The summed E-state index contributed by atoms with van der Waals surface area (Å²) in [5.41, 5.74) is -1.66. The van der Waals surface area contributed by atoms with Crippen molar-refractivity contribution in [3.05, 3.63) is 54.1 Å². The maximum Gasteiger partial charge on any atom is 0.276 e. The van der Waals surface area contributed by atoms with E-state index in [0.717, 1.165) is 12.1 Å². The average molecular weight is 420 g/mol. The summed E-state index contributed by atoms with van der Waals surface area (Å²) in [5, 5.41) is 21.0. The second kappa shape index (κ2) is 7.32. The zero-order valence-corrected chi connectivity index (χ0v) is 16.1. The number of carbonyl (C=O) groups excluding carboxylic acids is 1. The Labute approximate surface area is 166 Å². The van der Waals surface area contributed by atoms with Gasteiger partial charge in [0.1, 0.15) is 28.9 Å². The Hall–Kier alpha value is -3.20. The molecule has 1 aliphatic heterocycles. The monoisotopic (exact) mass is 420 g/mol. The van der Waals surface area contributed by atoms with Gasteiger partial charge in [0.25, 0.3) is 5.91 Å². The molecule has 11 heteroatoms. The number of carbonyl (C=O) groups is 1. The van der Waals surface area contributed by atoms with Gasteiger partial charge < -0.3 is 19.7 Å². The van der Waals surface area contributed by atoms with Crippen molar-refractivity contribution in [2.24, 2.45) is 7.05 Å². The lowest BCUT2D eigenvalue weighted by atomic mass is 10.0. The molecule has 0 spiro atoms. The molecule has 3 rings (SSSR count). The van der Waals surface area contributed by atoms with Gasteiger partial charge in [0, 0.05) is 18.9 Å². The van der Waals surface area contributed by atoms with Crippen molar-refractivity contribution in [2.45, 2.75) is 10.4 Å². The van der Waals surface area contributed by atoms with E-state index in [-0.39, 0.29) is 34.2 Å². The Morgan fingerprint density at radius 1 is 1.59 bits per heavy atom. The molecule has 0 fully saturated rings. The fourth-order valence-electron chi connectivity index (χ4n) is 2.85. The van der Waals surface area contributed by atoms with Gasteiger partial charge in [-0.05, 0) is 18.2 Å². The van der Waals surface area contributed by atoms with Crippen LogP contribution in [-0.2, 0) is 17.1 Å². The number of halogens is 1. The van der Waals surface area contributed by atoms with Crippen molar-refractivity contribution in [1.29, 1.82) is 5.26 Å². The van der Waals surface area contributed by atoms with Gasteiger partial charge in [-0.1, -0.05) is 6.08 Å². The number of aliphatic hydroxyl groups excluding tert-OH is 1. The third-order valence-corrected chi connectivity index (χ3v) is 5.98. The molecule has 0 radical (unpaired) electrons. The van der Waals surface area contributed by atoms with Crippen LogP contribution in [0.15, 0.2) is 41.9 Å². The molecule has 1 aliphatic rings. The Bertz CT molecular complexity index is 1150. The molecule has 1 amide bonds. The summed E-state index contributed by atoms with van der Waals surface area (Å²) in [6.45, 7) is 2.64. The number of hydrogen-bond acceptors (Lipinski definition) is 6. The van der Waals surface area contributed by atoms with E-state index in [9.17, 15) is 22.7 Å². The lowest BCUT2D eigenvalue weighted by molar-refractivity contribution is 0.101. The molecule has 0 aliphatic carbocycles. The van der Waals surface area contributed by atoms with Crippen molar-refractivity contribution >= 4 is 21.6 Å². The first-order valence-corrected chi connectivity index (χ1v) is 9.76. The number of sulfonamides is 1. The zero-order chi connectivity index (χ0) is 21.4. The number of fused-ring (bicyclic) bond motifs is 1. The fourth-order valence-corrected chi connectivity index (χ4v) is 4.39. The number of rotatable bonds is 4. The maximum atomic E-state index is 13.5. The summed E-state index contributed by atoms with van der Waals surface area (Å²) >= 11 is 0. The normalized spacial score (nSPS) is 19.9. The number of benzene rings is 1. The maximum absolute atomic E-state index is 13.5. The molecule has 9 nitrogen and oxygen atoms in total. The molecular formula is C18H17FN4O5S. The Balaban J connectivity index is 2.02. The van der Waals surface area contributed by atoms with Crippen LogP contribution in [0.1, 0.15) is 16.1 Å². The van der Waals surface area contributed by atoms with Crippen LogP contribution in [0.3, 0.4) is 0 Å². The van der Waals surface area contributed by atoms with Gasteiger partial charge in [-0.3, -0.25) is 4.79 Å². The lowest BCUT2D eigenvalue weighted by Gasteiger charge is -2.26. The van der Waals surface area contributed by atoms with Crippen LogP contribution in [0.25, 0.3) is 0 Å². The second-order valence-electron chi connectivity index (χ2n) is 6.46. The molecule has 1 aromatic heterocycles. The Morgan fingerprint density at radius 3 is 2.93 bits per heavy atom. The van der Waals surface area contributed by atoms with Gasteiger partial charge in [-0.25, -0.2) is 12.8 Å². The number of aryl methyl sites for hydroxylation is 1. The zero-order valence-electron chi connectivity index (χ0n) is 15.3. The third-order valence-electron chi connectivity index (χ3n) is 4.44. The largest absolute Gasteiger partial charge is 0.487 e. The highest BCUT2D eigenvalue weighted by Gasteiger charge is 2.40. The molecule has 3 N–H and O–H groups in total. The topological polar surface area (TPSA) is 133 Å². The third kappa shape index (κ3) is 3.61. The molecule has 152 valence electrons. The van der Waals surface area contributed by atoms with Crippen LogP contribution in [0.5, 0.6) is 5.75 Å². The summed E-state index contributed by atoms with van der Waals surface area (Å²) in [6.07, 6.45) is 2.42. The highest BCUT2D eigenvalue weighted by molar-refractivity contribution is 7.89. The van der Waals surface area contributed by atoms with Gasteiger partial charge in [0.2, 0.25) is 10.0 Å². The van der Waals surface area contributed by atoms with Crippen molar-refractivity contribution < 1.29 is 27.4 Å². The van der Waals surface area contributed by atoms with E-state index in [4.69, 9.17) is 10.00 Å². The van der Waals surface area contributed by atoms with Crippen LogP contribution in [-0.4, -0.2) is 42.8 Å². The van der Waals surface area contributed by atoms with Gasteiger partial charge in [0.15, 0.2) is 11.4 Å². The molecule has 2 heterocycles. The van der Waals surface area contributed by atoms with Gasteiger partial charge in [0.05, 0.1) is 12.2 Å². The van der Waals surface area contributed by atoms with Crippen molar-refractivity contribution in [3.63, 3.8) is 0 Å². The highest BCUT2D eigenvalue weighted by Crippen LogP contribution is 2.34. The van der Waals surface area contributed by atoms with Gasteiger partial charge in [-0.15, -0.1) is 6.58 Å². The van der Waals surface area contributed by atoms with E-state index < -0.39 is 33.9 Å². The number of nitrogens with zero attached hydrogens (tertiary/aromatic N) is 2. The first kappa shape index (κ1) is 20.5. The van der Waals surface area contributed by atoms with Crippen molar-refractivity contribution in [3.8, 4) is 11.8 Å². The SMILES string of the molecule is C=C[C@]1(CO)COc2c(cn(C)c2C(=O)Nc2ccc(F)c(C#N)c2)S(=O)(=O)N1. The van der Waals surface area contributed by atoms with Crippen LogP contribution in [0.2, 0.25) is 0 Å². The first-order chi connectivity index (χ1) is 13.7. The Kier molecular flexibility index (Phi) is 5.18. The minimum absolute atomic E-state index is 0.106. The van der Waals surface area contributed by atoms with E-state index in [1.54, 1.807) is 6.07 Å². The smallest absolute Gasteiger partial charge is 0.276 e. The van der Waals surface area contributed by atoms with Crippen molar-refractivity contribution in [1.82, 2.24) is 9.29 Å². The number of ether oxygens (including phenoxy) is 1. The van der Waals surface area contributed by atoms with E-state index in [1.165, 1.54) is 30.0 Å². The van der Waals surface area contributed by atoms with Crippen molar-refractivity contribution in [2.75, 3.05) is 18.5 Å². The molecule has 0 unspecified atom stereocenters. The number of anilines is 1. The molecule has 1 atom stereocenters. The number of aliphatic hydroxyl groups is 1. The molecule has 1 aromatic carbocycles. The number of nitriles is 1. The standard InChI is InChI=1S/C18H17FN4O5S/c1-3-18(9-24)10-28-16-14(29(26,27)22-18)8-23(2)15(16)17(25)21-12-4-5-13(19)11(6-12)7-20/h3-6,8,22,24H,1,9-10H2,2H3,(H,21,25)/t18-/m0/s1. The number of amides is 1. The van der Waals surface area contributed by atoms with Crippen LogP contribution in [0.4, 0.5) is 10.1 Å². The highest BCUT2D eigenvalue weighted by atomic mass is 32.2. The second-order valence-corrected chi connectivity index (χ2v) is 8.11. The fraction of sp³-hybridized carbons (Fsp3) is 0.222. The first-order valence-electron chi connectivity index (χ1n) is 8.28. The number of aromatic nitrogens is 1. The predicted molar refractivity (Wildman–Crippen MR) is 100 cm³/mol. The van der Waals surface area contributed by atoms with Gasteiger partial charge >= 0.3 is 0 Å². The van der Waals surface area contributed by atoms with E-state index in [2.05, 4.69) is 16.6 Å². The molecule has 2 aromatic rings. The molecular weight excluding hydrogens is 403 g/mol. The quantitative estimate of drug-likeness (QED) is 0.629.